The molecule has 0 aliphatic heterocycles. The molecule has 0 aromatic heterocycles. The quantitative estimate of drug-likeness (QED) is 0.876. The highest BCUT2D eigenvalue weighted by Gasteiger charge is 2.41. The van der Waals surface area contributed by atoms with E-state index in [9.17, 15) is 10.4 Å². The lowest BCUT2D eigenvalue weighted by atomic mass is 9.66. The van der Waals surface area contributed by atoms with Crippen LogP contribution in [0.25, 0.3) is 0 Å². The molecule has 0 saturated heterocycles. The molecule has 1 fully saturated rings. The first-order chi connectivity index (χ1) is 9.70. The van der Waals surface area contributed by atoms with Gasteiger partial charge in [-0.15, -0.1) is 0 Å². The molecule has 2 rings (SSSR count). The lowest BCUT2D eigenvalue weighted by molar-refractivity contribution is 0.0254. The second kappa shape index (κ2) is 6.90. The summed E-state index contributed by atoms with van der Waals surface area (Å²) in [6.07, 6.45) is 6.41. The zero-order valence-electron chi connectivity index (χ0n) is 12.4. The van der Waals surface area contributed by atoms with Crippen molar-refractivity contribution < 1.29 is 5.11 Å². The van der Waals surface area contributed by atoms with E-state index in [4.69, 9.17) is 0 Å². The molecular formula is C18H25NO. The third-order valence-corrected chi connectivity index (χ3v) is 4.83. The van der Waals surface area contributed by atoms with Gasteiger partial charge in [0.2, 0.25) is 0 Å². The van der Waals surface area contributed by atoms with Gasteiger partial charge >= 0.3 is 0 Å². The lowest BCUT2D eigenvalue weighted by Crippen LogP contribution is -2.39. The van der Waals surface area contributed by atoms with Crippen LogP contribution in [0.5, 0.6) is 0 Å². The summed E-state index contributed by atoms with van der Waals surface area (Å²) in [6, 6.07) is 12.4. The number of nitriles is 1. The first-order valence-corrected chi connectivity index (χ1v) is 7.83. The number of hydrogen-bond donors (Lipinski definition) is 1. The molecule has 0 radical (unpaired) electrons. The number of rotatable bonds is 5. The van der Waals surface area contributed by atoms with Gasteiger partial charge in [-0.2, -0.15) is 5.26 Å². The highest BCUT2D eigenvalue weighted by Crippen LogP contribution is 2.43. The molecule has 1 unspecified atom stereocenters. The van der Waals surface area contributed by atoms with E-state index in [2.05, 4.69) is 13.0 Å². The van der Waals surface area contributed by atoms with Gasteiger partial charge in [0.05, 0.1) is 17.6 Å². The van der Waals surface area contributed by atoms with E-state index < -0.39 is 11.5 Å². The molecule has 1 aliphatic rings. The molecule has 1 atom stereocenters. The monoisotopic (exact) mass is 271 g/mol. The zero-order chi connectivity index (χ0) is 14.4. The van der Waals surface area contributed by atoms with Gasteiger partial charge in [0.1, 0.15) is 0 Å². The summed E-state index contributed by atoms with van der Waals surface area (Å²) >= 11 is 0. The summed E-state index contributed by atoms with van der Waals surface area (Å²) in [5.74, 6) is 0.755. The fraction of sp³-hybridized carbons (Fsp3) is 0.611. The van der Waals surface area contributed by atoms with E-state index in [-0.39, 0.29) is 0 Å². The lowest BCUT2D eigenvalue weighted by Gasteiger charge is -2.38. The number of aliphatic hydroxyl groups is 1. The third-order valence-electron chi connectivity index (χ3n) is 4.83. The van der Waals surface area contributed by atoms with E-state index in [1.165, 1.54) is 12.8 Å². The predicted molar refractivity (Wildman–Crippen MR) is 81.1 cm³/mol. The topological polar surface area (TPSA) is 44.0 Å². The molecule has 1 saturated carbocycles. The normalized spacial score (nSPS) is 27.8. The Labute approximate surface area is 122 Å². The largest absolute Gasteiger partial charge is 0.391 e. The maximum absolute atomic E-state index is 10.6. The number of nitrogens with zero attached hydrogens (tertiary/aromatic N) is 1. The van der Waals surface area contributed by atoms with Crippen LogP contribution in [0.4, 0.5) is 0 Å². The van der Waals surface area contributed by atoms with Crippen LogP contribution in [-0.4, -0.2) is 11.2 Å². The minimum Gasteiger partial charge on any atom is -0.391 e. The fourth-order valence-electron chi connectivity index (χ4n) is 3.44. The molecule has 2 heteroatoms. The smallest absolute Gasteiger partial charge is 0.0835 e. The molecule has 1 aromatic rings. The van der Waals surface area contributed by atoms with Crippen molar-refractivity contribution in [2.75, 3.05) is 0 Å². The Morgan fingerprint density at radius 2 is 1.95 bits per heavy atom. The fourth-order valence-corrected chi connectivity index (χ4v) is 3.44. The van der Waals surface area contributed by atoms with Crippen LogP contribution >= 0.6 is 0 Å². The molecule has 1 N–H and O–H groups in total. The molecule has 0 spiro atoms. The van der Waals surface area contributed by atoms with Gasteiger partial charge < -0.3 is 5.11 Å². The van der Waals surface area contributed by atoms with Crippen LogP contribution in [0.3, 0.4) is 0 Å². The summed E-state index contributed by atoms with van der Waals surface area (Å²) in [7, 11) is 0. The molecule has 0 bridgehead atoms. The van der Waals surface area contributed by atoms with Crippen molar-refractivity contribution in [1.82, 2.24) is 0 Å². The molecular weight excluding hydrogens is 246 g/mol. The standard InChI is InChI=1S/C18H25NO/c1-2-6-15-9-11-18(14-19,12-10-15)17(20)13-16-7-4-3-5-8-16/h3-5,7-8,15,17,20H,2,6,9-13H2,1H3. The van der Waals surface area contributed by atoms with E-state index >= 15 is 0 Å². The summed E-state index contributed by atoms with van der Waals surface area (Å²) in [5.41, 5.74) is 0.588. The van der Waals surface area contributed by atoms with E-state index in [0.29, 0.717) is 6.42 Å². The van der Waals surface area contributed by atoms with Crippen LogP contribution in [0, 0.1) is 22.7 Å². The molecule has 2 nitrogen and oxygen atoms in total. The number of aliphatic hydroxyl groups excluding tert-OH is 1. The van der Waals surface area contributed by atoms with Crippen LogP contribution in [-0.2, 0) is 6.42 Å². The Balaban J connectivity index is 1.99. The van der Waals surface area contributed by atoms with Gasteiger partial charge in [0, 0.05) is 0 Å². The Kier molecular flexibility index (Phi) is 5.20. The SMILES string of the molecule is CCCC1CCC(C#N)(C(O)Cc2ccccc2)CC1. The third kappa shape index (κ3) is 3.41. The summed E-state index contributed by atoms with van der Waals surface area (Å²) in [6.45, 7) is 2.22. The Hall–Kier alpha value is -1.33. The molecule has 1 aliphatic carbocycles. The van der Waals surface area contributed by atoms with Crippen LogP contribution in [0.15, 0.2) is 30.3 Å². The Morgan fingerprint density at radius 3 is 2.50 bits per heavy atom. The molecule has 0 heterocycles. The van der Waals surface area contributed by atoms with Crippen molar-refractivity contribution in [1.29, 1.82) is 5.26 Å². The first-order valence-electron chi connectivity index (χ1n) is 7.83. The molecule has 108 valence electrons. The number of hydrogen-bond acceptors (Lipinski definition) is 2. The Bertz CT molecular complexity index is 440. The second-order valence-electron chi connectivity index (χ2n) is 6.21. The average Bonchev–Trinajstić information content (AvgIpc) is 2.49. The van der Waals surface area contributed by atoms with Crippen molar-refractivity contribution in [2.45, 2.75) is 58.0 Å². The summed E-state index contributed by atoms with van der Waals surface area (Å²) in [5, 5.41) is 20.2. The average molecular weight is 271 g/mol. The van der Waals surface area contributed by atoms with Gasteiger partial charge in [-0.1, -0.05) is 50.1 Å². The minimum atomic E-state index is -0.544. The predicted octanol–water partition coefficient (Wildman–Crippen LogP) is 4.09. The highest BCUT2D eigenvalue weighted by atomic mass is 16.3. The van der Waals surface area contributed by atoms with Crippen molar-refractivity contribution in [3.05, 3.63) is 35.9 Å². The van der Waals surface area contributed by atoms with Crippen molar-refractivity contribution in [3.63, 3.8) is 0 Å². The number of benzene rings is 1. The first kappa shape index (κ1) is 15.1. The van der Waals surface area contributed by atoms with Gasteiger partial charge in [-0.25, -0.2) is 0 Å². The van der Waals surface area contributed by atoms with Crippen molar-refractivity contribution in [2.24, 2.45) is 11.3 Å². The van der Waals surface area contributed by atoms with Crippen molar-refractivity contribution in [3.8, 4) is 6.07 Å². The molecule has 0 amide bonds. The minimum absolute atomic E-state index is 0.528. The van der Waals surface area contributed by atoms with Gasteiger partial charge in [-0.05, 0) is 43.6 Å². The van der Waals surface area contributed by atoms with E-state index in [1.807, 2.05) is 30.3 Å². The maximum Gasteiger partial charge on any atom is 0.0835 e. The van der Waals surface area contributed by atoms with Crippen LogP contribution in [0.1, 0.15) is 51.0 Å². The molecule has 1 aromatic carbocycles. The van der Waals surface area contributed by atoms with Crippen molar-refractivity contribution >= 4 is 0 Å². The van der Waals surface area contributed by atoms with Gasteiger partial charge in [0.15, 0.2) is 0 Å². The molecule has 20 heavy (non-hydrogen) atoms. The zero-order valence-corrected chi connectivity index (χ0v) is 12.4. The van der Waals surface area contributed by atoms with E-state index in [0.717, 1.165) is 37.2 Å². The Morgan fingerprint density at radius 1 is 1.30 bits per heavy atom. The van der Waals surface area contributed by atoms with Gasteiger partial charge in [-0.3, -0.25) is 0 Å². The summed E-state index contributed by atoms with van der Waals surface area (Å²) in [4.78, 5) is 0. The van der Waals surface area contributed by atoms with Gasteiger partial charge in [0.25, 0.3) is 0 Å². The van der Waals surface area contributed by atoms with E-state index in [1.54, 1.807) is 0 Å². The van der Waals surface area contributed by atoms with Crippen LogP contribution in [0.2, 0.25) is 0 Å². The van der Waals surface area contributed by atoms with Crippen LogP contribution < -0.4 is 0 Å². The highest BCUT2D eigenvalue weighted by molar-refractivity contribution is 5.18. The maximum atomic E-state index is 10.6. The summed E-state index contributed by atoms with van der Waals surface area (Å²) < 4.78 is 0. The second-order valence-corrected chi connectivity index (χ2v) is 6.21.